The molecule has 0 spiro atoms. The lowest BCUT2D eigenvalue weighted by atomic mass is 10.1. The Balaban J connectivity index is 1.98. The SMILES string of the molecule is Cc1cc(C)c(NC(=O)CSc2nnc(C)o2)c(C)c1. The van der Waals surface area contributed by atoms with Crippen LogP contribution in [0.4, 0.5) is 5.69 Å². The van der Waals surface area contributed by atoms with Crippen LogP contribution in [-0.4, -0.2) is 21.9 Å². The van der Waals surface area contributed by atoms with Gasteiger partial charge >= 0.3 is 0 Å². The number of aryl methyl sites for hydroxylation is 4. The zero-order valence-corrected chi connectivity index (χ0v) is 12.8. The Morgan fingerprint density at radius 2 is 1.85 bits per heavy atom. The van der Waals surface area contributed by atoms with E-state index in [2.05, 4.69) is 27.6 Å². The van der Waals surface area contributed by atoms with E-state index in [0.29, 0.717) is 11.1 Å². The monoisotopic (exact) mass is 291 g/mol. The first kappa shape index (κ1) is 14.6. The molecule has 1 N–H and O–H groups in total. The van der Waals surface area contributed by atoms with Crippen molar-refractivity contribution in [2.75, 3.05) is 11.1 Å². The van der Waals surface area contributed by atoms with Crippen LogP contribution in [0.1, 0.15) is 22.6 Å². The first-order valence-corrected chi connectivity index (χ1v) is 7.25. The predicted molar refractivity (Wildman–Crippen MR) is 79.0 cm³/mol. The maximum atomic E-state index is 12.0. The lowest BCUT2D eigenvalue weighted by molar-refractivity contribution is -0.113. The van der Waals surface area contributed by atoms with E-state index in [4.69, 9.17) is 4.42 Å². The van der Waals surface area contributed by atoms with Gasteiger partial charge in [0.15, 0.2) is 0 Å². The fraction of sp³-hybridized carbons (Fsp3) is 0.357. The van der Waals surface area contributed by atoms with E-state index in [9.17, 15) is 4.79 Å². The quantitative estimate of drug-likeness (QED) is 0.877. The lowest BCUT2D eigenvalue weighted by Gasteiger charge is -2.12. The number of carbonyl (C=O) groups excluding carboxylic acids is 1. The van der Waals surface area contributed by atoms with Crippen LogP contribution in [0.2, 0.25) is 0 Å². The normalized spacial score (nSPS) is 10.6. The fourth-order valence-corrected chi connectivity index (χ4v) is 2.62. The summed E-state index contributed by atoms with van der Waals surface area (Å²) in [7, 11) is 0. The second kappa shape index (κ2) is 6.09. The van der Waals surface area contributed by atoms with Crippen LogP contribution in [0.3, 0.4) is 0 Å². The summed E-state index contributed by atoms with van der Waals surface area (Å²) in [5.74, 6) is 0.660. The first-order valence-electron chi connectivity index (χ1n) is 6.26. The molecule has 0 aliphatic heterocycles. The van der Waals surface area contributed by atoms with Gasteiger partial charge in [0.05, 0.1) is 5.75 Å². The molecule has 6 heteroatoms. The summed E-state index contributed by atoms with van der Waals surface area (Å²) < 4.78 is 5.21. The number of carbonyl (C=O) groups is 1. The van der Waals surface area contributed by atoms with Crippen molar-refractivity contribution in [3.05, 3.63) is 34.7 Å². The summed E-state index contributed by atoms with van der Waals surface area (Å²) in [4.78, 5) is 12.0. The summed E-state index contributed by atoms with van der Waals surface area (Å²) >= 11 is 1.23. The minimum absolute atomic E-state index is 0.0825. The Labute approximate surface area is 122 Å². The molecule has 5 nitrogen and oxygen atoms in total. The Kier molecular flexibility index (Phi) is 4.44. The van der Waals surface area contributed by atoms with Crippen LogP contribution in [0.15, 0.2) is 21.8 Å². The van der Waals surface area contributed by atoms with Crippen LogP contribution >= 0.6 is 11.8 Å². The molecule has 2 aromatic rings. The van der Waals surface area contributed by atoms with Gasteiger partial charge in [-0.05, 0) is 31.9 Å². The van der Waals surface area contributed by atoms with Gasteiger partial charge < -0.3 is 9.73 Å². The number of aromatic nitrogens is 2. The number of nitrogens with one attached hydrogen (secondary N) is 1. The summed E-state index contributed by atoms with van der Waals surface area (Å²) in [6.45, 7) is 7.74. The molecular formula is C14H17N3O2S. The molecule has 0 atom stereocenters. The van der Waals surface area contributed by atoms with Gasteiger partial charge in [-0.1, -0.05) is 29.5 Å². The van der Waals surface area contributed by atoms with E-state index in [1.165, 1.54) is 17.3 Å². The Hall–Kier alpha value is -1.82. The van der Waals surface area contributed by atoms with Gasteiger partial charge in [-0.3, -0.25) is 4.79 Å². The average molecular weight is 291 g/mol. The number of amides is 1. The van der Waals surface area contributed by atoms with Crippen molar-refractivity contribution in [2.24, 2.45) is 0 Å². The maximum Gasteiger partial charge on any atom is 0.277 e. The smallest absolute Gasteiger partial charge is 0.277 e. The van der Waals surface area contributed by atoms with E-state index < -0.39 is 0 Å². The van der Waals surface area contributed by atoms with Crippen molar-refractivity contribution in [1.82, 2.24) is 10.2 Å². The number of rotatable bonds is 4. The van der Waals surface area contributed by atoms with Crippen molar-refractivity contribution in [3.63, 3.8) is 0 Å². The Morgan fingerprint density at radius 1 is 1.20 bits per heavy atom. The summed E-state index contributed by atoms with van der Waals surface area (Å²) in [5.41, 5.74) is 4.19. The van der Waals surface area contributed by atoms with E-state index in [0.717, 1.165) is 16.8 Å². The van der Waals surface area contributed by atoms with Crippen LogP contribution in [0.25, 0.3) is 0 Å². The average Bonchev–Trinajstić information content (AvgIpc) is 2.77. The molecule has 1 aromatic heterocycles. The molecule has 0 saturated heterocycles. The molecule has 0 fully saturated rings. The minimum Gasteiger partial charge on any atom is -0.416 e. The molecule has 2 rings (SSSR count). The second-order valence-corrected chi connectivity index (χ2v) is 5.62. The van der Waals surface area contributed by atoms with Crippen molar-refractivity contribution >= 4 is 23.4 Å². The van der Waals surface area contributed by atoms with Crippen molar-refractivity contribution in [2.45, 2.75) is 32.9 Å². The number of benzene rings is 1. The van der Waals surface area contributed by atoms with Crippen molar-refractivity contribution in [1.29, 1.82) is 0 Å². The third-order valence-corrected chi connectivity index (χ3v) is 3.59. The largest absolute Gasteiger partial charge is 0.416 e. The van der Waals surface area contributed by atoms with E-state index in [-0.39, 0.29) is 11.7 Å². The highest BCUT2D eigenvalue weighted by Crippen LogP contribution is 2.23. The predicted octanol–water partition coefficient (Wildman–Crippen LogP) is 3.03. The van der Waals surface area contributed by atoms with Crippen LogP contribution in [0.5, 0.6) is 0 Å². The number of thioether (sulfide) groups is 1. The van der Waals surface area contributed by atoms with Gasteiger partial charge in [0, 0.05) is 12.6 Å². The molecule has 0 aliphatic rings. The van der Waals surface area contributed by atoms with Crippen molar-refractivity contribution < 1.29 is 9.21 Å². The highest BCUT2D eigenvalue weighted by atomic mass is 32.2. The highest BCUT2D eigenvalue weighted by Gasteiger charge is 2.11. The molecule has 20 heavy (non-hydrogen) atoms. The Morgan fingerprint density at radius 3 is 2.40 bits per heavy atom. The minimum atomic E-state index is -0.0825. The molecule has 1 aromatic carbocycles. The van der Waals surface area contributed by atoms with Gasteiger partial charge in [0.1, 0.15) is 0 Å². The summed E-state index contributed by atoms with van der Waals surface area (Å²) in [6, 6.07) is 4.11. The number of nitrogens with zero attached hydrogens (tertiary/aromatic N) is 2. The van der Waals surface area contributed by atoms with Gasteiger partial charge in [-0.15, -0.1) is 10.2 Å². The standard InChI is InChI=1S/C14H17N3O2S/c1-8-5-9(2)13(10(3)6-8)15-12(18)7-20-14-17-16-11(4)19-14/h5-6H,7H2,1-4H3,(H,15,18). The number of hydrogen-bond donors (Lipinski definition) is 1. The lowest BCUT2D eigenvalue weighted by Crippen LogP contribution is -2.15. The molecular weight excluding hydrogens is 274 g/mol. The zero-order chi connectivity index (χ0) is 14.7. The molecule has 0 bridgehead atoms. The third kappa shape index (κ3) is 3.60. The molecule has 1 heterocycles. The van der Waals surface area contributed by atoms with E-state index in [1.54, 1.807) is 6.92 Å². The highest BCUT2D eigenvalue weighted by molar-refractivity contribution is 7.99. The van der Waals surface area contributed by atoms with Crippen molar-refractivity contribution in [3.8, 4) is 0 Å². The number of hydrogen-bond acceptors (Lipinski definition) is 5. The van der Waals surface area contributed by atoms with E-state index >= 15 is 0 Å². The summed E-state index contributed by atoms with van der Waals surface area (Å²) in [5, 5.41) is 10.9. The zero-order valence-electron chi connectivity index (χ0n) is 12.0. The molecule has 0 saturated carbocycles. The number of anilines is 1. The fourth-order valence-electron chi connectivity index (χ4n) is 2.02. The molecule has 0 radical (unpaired) electrons. The molecule has 1 amide bonds. The van der Waals surface area contributed by atoms with Crippen LogP contribution < -0.4 is 5.32 Å². The first-order chi connectivity index (χ1) is 9.45. The van der Waals surface area contributed by atoms with Crippen LogP contribution in [0, 0.1) is 27.7 Å². The second-order valence-electron chi connectivity index (χ2n) is 4.70. The maximum absolute atomic E-state index is 12.0. The van der Waals surface area contributed by atoms with Gasteiger partial charge in [0.2, 0.25) is 11.8 Å². The summed E-state index contributed by atoms with van der Waals surface area (Å²) in [6.07, 6.45) is 0. The van der Waals surface area contributed by atoms with E-state index in [1.807, 2.05) is 20.8 Å². The molecule has 0 unspecified atom stereocenters. The van der Waals surface area contributed by atoms with Gasteiger partial charge in [-0.2, -0.15) is 0 Å². The molecule has 106 valence electrons. The van der Waals surface area contributed by atoms with Gasteiger partial charge in [-0.25, -0.2) is 0 Å². The Bertz CT molecular complexity index is 614. The van der Waals surface area contributed by atoms with Gasteiger partial charge in [0.25, 0.3) is 5.22 Å². The topological polar surface area (TPSA) is 68.0 Å². The molecule has 0 aliphatic carbocycles. The third-order valence-electron chi connectivity index (χ3n) is 2.78. The van der Waals surface area contributed by atoms with Crippen LogP contribution in [-0.2, 0) is 4.79 Å².